The van der Waals surface area contributed by atoms with Crippen molar-refractivity contribution in [3.05, 3.63) is 59.1 Å². The lowest BCUT2D eigenvalue weighted by molar-refractivity contribution is 0.194. The number of hydrogen-bond donors (Lipinski definition) is 1. The molecule has 1 aromatic heterocycles. The topological polar surface area (TPSA) is 36.4 Å². The summed E-state index contributed by atoms with van der Waals surface area (Å²) in [6.07, 6.45) is 3.34. The Labute approximate surface area is 121 Å². The molecule has 0 spiro atoms. The van der Waals surface area contributed by atoms with E-state index in [0.29, 0.717) is 18.0 Å². The van der Waals surface area contributed by atoms with Gasteiger partial charge < -0.3 is 10.0 Å². The van der Waals surface area contributed by atoms with Gasteiger partial charge in [0, 0.05) is 18.9 Å². The summed E-state index contributed by atoms with van der Waals surface area (Å²) >= 11 is 6.18. The molecule has 1 aromatic carbocycles. The van der Waals surface area contributed by atoms with Gasteiger partial charge in [-0.1, -0.05) is 23.7 Å². The van der Waals surface area contributed by atoms with E-state index in [1.807, 2.05) is 17.0 Å². The van der Waals surface area contributed by atoms with Crippen molar-refractivity contribution in [3.63, 3.8) is 0 Å². The minimum absolute atomic E-state index is 0.0828. The summed E-state index contributed by atoms with van der Waals surface area (Å²) in [6.45, 7) is 0.477. The van der Waals surface area contributed by atoms with Crippen molar-refractivity contribution in [2.75, 3.05) is 11.4 Å². The Morgan fingerprint density at radius 3 is 2.95 bits per heavy atom. The van der Waals surface area contributed by atoms with E-state index in [1.54, 1.807) is 18.5 Å². The van der Waals surface area contributed by atoms with Crippen LogP contribution in [0.25, 0.3) is 0 Å². The first-order valence-electron chi connectivity index (χ1n) is 6.45. The number of benzene rings is 1. The lowest BCUT2D eigenvalue weighted by Gasteiger charge is -2.27. The minimum atomic E-state index is -0.451. The van der Waals surface area contributed by atoms with E-state index in [2.05, 4.69) is 4.98 Å². The summed E-state index contributed by atoms with van der Waals surface area (Å²) in [5, 5.41) is 10.5. The van der Waals surface area contributed by atoms with Gasteiger partial charge in [0.25, 0.3) is 0 Å². The summed E-state index contributed by atoms with van der Waals surface area (Å²) in [7, 11) is 0. The summed E-state index contributed by atoms with van der Waals surface area (Å²) in [5.41, 5.74) is 1.65. The van der Waals surface area contributed by atoms with Crippen LogP contribution in [-0.2, 0) is 0 Å². The van der Waals surface area contributed by atoms with Crippen molar-refractivity contribution in [2.45, 2.75) is 18.6 Å². The highest BCUT2D eigenvalue weighted by Gasteiger charge is 2.33. The third-order valence-electron chi connectivity index (χ3n) is 3.57. The monoisotopic (exact) mass is 292 g/mol. The number of nitrogens with zero attached hydrogens (tertiary/aromatic N) is 2. The van der Waals surface area contributed by atoms with Crippen LogP contribution in [-0.4, -0.2) is 22.7 Å². The van der Waals surface area contributed by atoms with Crippen LogP contribution in [0.1, 0.15) is 18.0 Å². The molecule has 1 N–H and O–H groups in total. The van der Waals surface area contributed by atoms with E-state index in [0.717, 1.165) is 11.3 Å². The quantitative estimate of drug-likeness (QED) is 0.923. The van der Waals surface area contributed by atoms with Crippen LogP contribution in [0.2, 0.25) is 5.02 Å². The van der Waals surface area contributed by atoms with Crippen LogP contribution in [0.5, 0.6) is 0 Å². The standard InChI is InChI=1S/C15H14ClFN2O/c16-13-8-18-5-4-14(13)19-9-12(20)7-15(19)10-2-1-3-11(17)6-10/h1-6,8,12,15,20H,7,9H2/t12-,15-/m0/s1. The highest BCUT2D eigenvalue weighted by Crippen LogP contribution is 2.39. The van der Waals surface area contributed by atoms with Crippen LogP contribution >= 0.6 is 11.6 Å². The smallest absolute Gasteiger partial charge is 0.123 e. The summed E-state index contributed by atoms with van der Waals surface area (Å²) in [5.74, 6) is -0.273. The van der Waals surface area contributed by atoms with Gasteiger partial charge in [0.05, 0.1) is 22.9 Å². The predicted molar refractivity (Wildman–Crippen MR) is 76.4 cm³/mol. The van der Waals surface area contributed by atoms with Crippen LogP contribution in [0.3, 0.4) is 0 Å². The van der Waals surface area contributed by atoms with Gasteiger partial charge in [-0.25, -0.2) is 4.39 Å². The highest BCUT2D eigenvalue weighted by atomic mass is 35.5. The molecule has 3 nitrogen and oxygen atoms in total. The third-order valence-corrected chi connectivity index (χ3v) is 3.86. The van der Waals surface area contributed by atoms with Crippen LogP contribution in [0, 0.1) is 5.82 Å². The number of hydrogen-bond acceptors (Lipinski definition) is 3. The zero-order chi connectivity index (χ0) is 14.1. The van der Waals surface area contributed by atoms with E-state index in [-0.39, 0.29) is 11.9 Å². The molecule has 2 aromatic rings. The van der Waals surface area contributed by atoms with Crippen LogP contribution in [0.4, 0.5) is 10.1 Å². The molecule has 2 heterocycles. The molecule has 0 bridgehead atoms. The molecule has 0 unspecified atom stereocenters. The molecule has 1 aliphatic rings. The van der Waals surface area contributed by atoms with Gasteiger partial charge in [-0.3, -0.25) is 4.98 Å². The summed E-state index contributed by atoms with van der Waals surface area (Å²) in [6, 6.07) is 8.20. The molecule has 104 valence electrons. The Balaban J connectivity index is 1.99. The fourth-order valence-corrected chi connectivity index (χ4v) is 2.94. The maximum atomic E-state index is 13.4. The van der Waals surface area contributed by atoms with Crippen molar-refractivity contribution in [2.24, 2.45) is 0 Å². The number of aromatic nitrogens is 1. The molecular weight excluding hydrogens is 279 g/mol. The van der Waals surface area contributed by atoms with Crippen LogP contribution in [0.15, 0.2) is 42.7 Å². The largest absolute Gasteiger partial charge is 0.391 e. The zero-order valence-corrected chi connectivity index (χ0v) is 11.5. The van der Waals surface area contributed by atoms with Crippen LogP contribution < -0.4 is 4.90 Å². The number of anilines is 1. The number of aliphatic hydroxyl groups is 1. The normalized spacial score (nSPS) is 22.2. The number of aliphatic hydroxyl groups excluding tert-OH is 1. The summed E-state index contributed by atoms with van der Waals surface area (Å²) in [4.78, 5) is 5.97. The van der Waals surface area contributed by atoms with Gasteiger partial charge in [0.2, 0.25) is 0 Å². The predicted octanol–water partition coefficient (Wildman–Crippen LogP) is 3.19. The Kier molecular flexibility index (Phi) is 3.59. The average Bonchev–Trinajstić information content (AvgIpc) is 2.81. The molecule has 1 aliphatic heterocycles. The molecule has 5 heteroatoms. The molecule has 0 saturated carbocycles. The first kappa shape index (κ1) is 13.3. The second-order valence-corrected chi connectivity index (χ2v) is 5.35. The van der Waals surface area contributed by atoms with Crippen molar-refractivity contribution >= 4 is 17.3 Å². The van der Waals surface area contributed by atoms with E-state index < -0.39 is 6.10 Å². The van der Waals surface area contributed by atoms with Gasteiger partial charge in [-0.15, -0.1) is 0 Å². The Bertz CT molecular complexity index is 622. The molecule has 0 amide bonds. The van der Waals surface area contributed by atoms with Gasteiger partial charge >= 0.3 is 0 Å². The average molecular weight is 293 g/mol. The van der Waals surface area contributed by atoms with Crippen molar-refractivity contribution < 1.29 is 9.50 Å². The summed E-state index contributed by atoms with van der Waals surface area (Å²) < 4.78 is 13.4. The Hall–Kier alpha value is -1.65. The molecular formula is C15H14ClFN2O. The highest BCUT2D eigenvalue weighted by molar-refractivity contribution is 6.33. The number of halogens is 2. The molecule has 0 aliphatic carbocycles. The number of pyridine rings is 1. The lowest BCUT2D eigenvalue weighted by Crippen LogP contribution is -2.24. The van der Waals surface area contributed by atoms with Crippen molar-refractivity contribution in [3.8, 4) is 0 Å². The van der Waals surface area contributed by atoms with E-state index >= 15 is 0 Å². The zero-order valence-electron chi connectivity index (χ0n) is 10.7. The van der Waals surface area contributed by atoms with Gasteiger partial charge in [-0.2, -0.15) is 0 Å². The third kappa shape index (κ3) is 2.49. The molecule has 3 rings (SSSR count). The first-order valence-corrected chi connectivity index (χ1v) is 6.82. The lowest BCUT2D eigenvalue weighted by atomic mass is 10.0. The second kappa shape index (κ2) is 5.38. The SMILES string of the molecule is O[C@H]1C[C@@H](c2cccc(F)c2)N(c2ccncc2Cl)C1. The number of rotatable bonds is 2. The number of β-amino-alcohol motifs (C(OH)–C–C–N with tert-alkyl or cyclic N) is 1. The Morgan fingerprint density at radius 1 is 1.35 bits per heavy atom. The molecule has 1 fully saturated rings. The maximum Gasteiger partial charge on any atom is 0.123 e. The van der Waals surface area contributed by atoms with Crippen molar-refractivity contribution in [1.82, 2.24) is 4.98 Å². The van der Waals surface area contributed by atoms with Gasteiger partial charge in [0.15, 0.2) is 0 Å². The Morgan fingerprint density at radius 2 is 2.20 bits per heavy atom. The van der Waals surface area contributed by atoms with E-state index in [1.165, 1.54) is 12.1 Å². The maximum absolute atomic E-state index is 13.4. The van der Waals surface area contributed by atoms with E-state index in [9.17, 15) is 9.50 Å². The second-order valence-electron chi connectivity index (χ2n) is 4.94. The van der Waals surface area contributed by atoms with E-state index in [4.69, 9.17) is 11.6 Å². The minimum Gasteiger partial charge on any atom is -0.391 e. The molecule has 0 radical (unpaired) electrons. The fourth-order valence-electron chi connectivity index (χ4n) is 2.71. The first-order chi connectivity index (χ1) is 9.65. The van der Waals surface area contributed by atoms with Crippen molar-refractivity contribution in [1.29, 1.82) is 0 Å². The fraction of sp³-hybridized carbons (Fsp3) is 0.267. The molecule has 20 heavy (non-hydrogen) atoms. The van der Waals surface area contributed by atoms with Gasteiger partial charge in [0.1, 0.15) is 5.82 Å². The van der Waals surface area contributed by atoms with Gasteiger partial charge in [-0.05, 0) is 30.2 Å². The molecule has 2 atom stereocenters. The molecule has 1 saturated heterocycles.